The van der Waals surface area contributed by atoms with E-state index in [-0.39, 0.29) is 0 Å². The summed E-state index contributed by atoms with van der Waals surface area (Å²) in [6.45, 7) is 0. The van der Waals surface area contributed by atoms with Gasteiger partial charge in [0, 0.05) is 11.8 Å². The van der Waals surface area contributed by atoms with Gasteiger partial charge in [0.15, 0.2) is 0 Å². The molecular formula is C10H12O2. The van der Waals surface area contributed by atoms with Crippen LogP contribution in [-0.4, -0.2) is 5.11 Å². The average molecular weight is 164 g/mol. The Balaban J connectivity index is 1.96. The van der Waals surface area contributed by atoms with Crippen LogP contribution in [0.5, 0.6) is 0 Å². The fourth-order valence-electron chi connectivity index (χ4n) is 2.79. The first-order valence-electron chi connectivity index (χ1n) is 4.60. The van der Waals surface area contributed by atoms with E-state index in [1.54, 1.807) is 6.26 Å². The molecule has 0 aromatic carbocycles. The van der Waals surface area contributed by atoms with Crippen molar-refractivity contribution in [2.75, 3.05) is 0 Å². The Morgan fingerprint density at radius 2 is 2.17 bits per heavy atom. The molecule has 12 heavy (non-hydrogen) atoms. The van der Waals surface area contributed by atoms with Crippen LogP contribution in [0.2, 0.25) is 0 Å². The third-order valence-corrected chi connectivity index (χ3v) is 3.45. The SMILES string of the molecule is OC1(c2ccco2)C2CCCC21. The lowest BCUT2D eigenvalue weighted by Crippen LogP contribution is -2.11. The Bertz CT molecular complexity index is 279. The van der Waals surface area contributed by atoms with Crippen LogP contribution in [0.25, 0.3) is 0 Å². The number of furan rings is 1. The van der Waals surface area contributed by atoms with Crippen molar-refractivity contribution >= 4 is 0 Å². The van der Waals surface area contributed by atoms with Crippen LogP contribution in [0.4, 0.5) is 0 Å². The predicted molar refractivity (Wildman–Crippen MR) is 43.4 cm³/mol. The maximum Gasteiger partial charge on any atom is 0.135 e. The molecule has 1 aromatic heterocycles. The van der Waals surface area contributed by atoms with Crippen LogP contribution >= 0.6 is 0 Å². The van der Waals surface area contributed by atoms with Gasteiger partial charge < -0.3 is 9.52 Å². The lowest BCUT2D eigenvalue weighted by atomic mass is 10.1. The summed E-state index contributed by atoms with van der Waals surface area (Å²) in [6, 6.07) is 3.74. The molecule has 1 N–H and O–H groups in total. The van der Waals surface area contributed by atoms with E-state index >= 15 is 0 Å². The fraction of sp³-hybridized carbons (Fsp3) is 0.600. The molecule has 2 heteroatoms. The molecule has 1 aromatic rings. The summed E-state index contributed by atoms with van der Waals surface area (Å²) in [6.07, 6.45) is 5.25. The van der Waals surface area contributed by atoms with Gasteiger partial charge in [0.1, 0.15) is 11.4 Å². The van der Waals surface area contributed by atoms with Crippen molar-refractivity contribution in [3.8, 4) is 0 Å². The van der Waals surface area contributed by atoms with Crippen LogP contribution in [-0.2, 0) is 5.60 Å². The zero-order valence-corrected chi connectivity index (χ0v) is 6.86. The lowest BCUT2D eigenvalue weighted by Gasteiger charge is -2.09. The van der Waals surface area contributed by atoms with Crippen LogP contribution < -0.4 is 0 Å². The van der Waals surface area contributed by atoms with E-state index in [1.165, 1.54) is 19.3 Å². The van der Waals surface area contributed by atoms with Crippen LogP contribution in [0, 0.1) is 11.8 Å². The van der Waals surface area contributed by atoms with E-state index in [0.717, 1.165) is 5.76 Å². The van der Waals surface area contributed by atoms with E-state index in [1.807, 2.05) is 12.1 Å². The van der Waals surface area contributed by atoms with Crippen molar-refractivity contribution in [3.63, 3.8) is 0 Å². The third-order valence-electron chi connectivity index (χ3n) is 3.45. The highest BCUT2D eigenvalue weighted by Gasteiger charge is 2.68. The van der Waals surface area contributed by atoms with Gasteiger partial charge in [0.2, 0.25) is 0 Å². The maximum absolute atomic E-state index is 10.2. The smallest absolute Gasteiger partial charge is 0.135 e. The largest absolute Gasteiger partial charge is 0.466 e. The Morgan fingerprint density at radius 1 is 1.42 bits per heavy atom. The summed E-state index contributed by atoms with van der Waals surface area (Å²) >= 11 is 0. The number of aliphatic hydroxyl groups is 1. The highest BCUT2D eigenvalue weighted by molar-refractivity contribution is 5.26. The van der Waals surface area contributed by atoms with E-state index in [0.29, 0.717) is 11.8 Å². The molecule has 3 rings (SSSR count). The van der Waals surface area contributed by atoms with E-state index in [4.69, 9.17) is 4.42 Å². The number of rotatable bonds is 1. The van der Waals surface area contributed by atoms with Gasteiger partial charge in [-0.15, -0.1) is 0 Å². The van der Waals surface area contributed by atoms with Crippen molar-refractivity contribution in [2.45, 2.75) is 24.9 Å². The highest BCUT2D eigenvalue weighted by Crippen LogP contribution is 2.66. The Kier molecular flexibility index (Phi) is 1.09. The molecule has 2 nitrogen and oxygen atoms in total. The third kappa shape index (κ3) is 0.604. The summed E-state index contributed by atoms with van der Waals surface area (Å²) in [5.41, 5.74) is -0.582. The highest BCUT2D eigenvalue weighted by atomic mass is 16.4. The predicted octanol–water partition coefficient (Wildman–Crippen LogP) is 1.90. The first kappa shape index (κ1) is 6.72. The molecule has 0 aliphatic heterocycles. The van der Waals surface area contributed by atoms with Crippen LogP contribution in [0.15, 0.2) is 22.8 Å². The molecule has 2 saturated carbocycles. The summed E-state index contributed by atoms with van der Waals surface area (Å²) in [5.74, 6) is 1.75. The number of hydrogen-bond donors (Lipinski definition) is 1. The van der Waals surface area contributed by atoms with Crippen molar-refractivity contribution in [3.05, 3.63) is 24.2 Å². The summed E-state index contributed by atoms with van der Waals surface area (Å²) < 4.78 is 5.25. The summed E-state index contributed by atoms with van der Waals surface area (Å²) in [5, 5.41) is 10.2. The summed E-state index contributed by atoms with van der Waals surface area (Å²) in [7, 11) is 0. The molecule has 2 aliphatic carbocycles. The molecule has 2 atom stereocenters. The Labute approximate surface area is 71.2 Å². The molecule has 1 heterocycles. The van der Waals surface area contributed by atoms with Gasteiger partial charge in [0.05, 0.1) is 6.26 Å². The van der Waals surface area contributed by atoms with Gasteiger partial charge in [-0.3, -0.25) is 0 Å². The fourth-order valence-corrected chi connectivity index (χ4v) is 2.79. The van der Waals surface area contributed by atoms with Gasteiger partial charge in [-0.1, -0.05) is 6.42 Å². The number of fused-ring (bicyclic) bond motifs is 1. The van der Waals surface area contributed by atoms with Gasteiger partial charge >= 0.3 is 0 Å². The van der Waals surface area contributed by atoms with Crippen LogP contribution in [0.1, 0.15) is 25.0 Å². The lowest BCUT2D eigenvalue weighted by molar-refractivity contribution is 0.0806. The molecule has 0 radical (unpaired) electrons. The zero-order chi connectivity index (χ0) is 8.18. The zero-order valence-electron chi connectivity index (χ0n) is 6.86. The molecule has 2 unspecified atom stereocenters. The average Bonchev–Trinajstić information content (AvgIpc) is 2.62. The topological polar surface area (TPSA) is 33.4 Å². The molecular weight excluding hydrogens is 152 g/mol. The van der Waals surface area contributed by atoms with Crippen molar-refractivity contribution in [1.29, 1.82) is 0 Å². The quantitative estimate of drug-likeness (QED) is 0.687. The minimum absolute atomic E-state index is 0.489. The van der Waals surface area contributed by atoms with E-state index in [2.05, 4.69) is 0 Å². The molecule has 2 fully saturated rings. The molecule has 2 aliphatic rings. The minimum Gasteiger partial charge on any atom is -0.466 e. The standard InChI is InChI=1S/C10H12O2/c11-10(9-5-2-6-12-9)7-3-1-4-8(7)10/h2,5-8,11H,1,3-4H2. The van der Waals surface area contributed by atoms with Gasteiger partial charge in [-0.2, -0.15) is 0 Å². The second kappa shape index (κ2) is 1.94. The molecule has 0 saturated heterocycles. The second-order valence-electron chi connectivity index (χ2n) is 3.95. The van der Waals surface area contributed by atoms with Gasteiger partial charge in [-0.25, -0.2) is 0 Å². The minimum atomic E-state index is -0.582. The first-order chi connectivity index (χ1) is 5.83. The first-order valence-corrected chi connectivity index (χ1v) is 4.60. The molecule has 0 amide bonds. The molecule has 0 bridgehead atoms. The second-order valence-corrected chi connectivity index (χ2v) is 3.95. The Hall–Kier alpha value is -0.760. The Morgan fingerprint density at radius 3 is 2.75 bits per heavy atom. The molecule has 0 spiro atoms. The molecule has 64 valence electrons. The van der Waals surface area contributed by atoms with Gasteiger partial charge in [0.25, 0.3) is 0 Å². The monoisotopic (exact) mass is 164 g/mol. The summed E-state index contributed by atoms with van der Waals surface area (Å²) in [4.78, 5) is 0. The van der Waals surface area contributed by atoms with Crippen molar-refractivity contribution in [2.24, 2.45) is 11.8 Å². The van der Waals surface area contributed by atoms with E-state index < -0.39 is 5.60 Å². The van der Waals surface area contributed by atoms with Crippen molar-refractivity contribution < 1.29 is 9.52 Å². The number of hydrogen-bond acceptors (Lipinski definition) is 2. The van der Waals surface area contributed by atoms with Crippen molar-refractivity contribution in [1.82, 2.24) is 0 Å². The van der Waals surface area contributed by atoms with E-state index in [9.17, 15) is 5.11 Å². The van der Waals surface area contributed by atoms with Gasteiger partial charge in [-0.05, 0) is 25.0 Å². The van der Waals surface area contributed by atoms with Crippen LogP contribution in [0.3, 0.4) is 0 Å². The normalized spacial score (nSPS) is 44.4. The maximum atomic E-state index is 10.2.